The van der Waals surface area contributed by atoms with Crippen LogP contribution in [-0.4, -0.2) is 36.6 Å². The van der Waals surface area contributed by atoms with Gasteiger partial charge in [0.15, 0.2) is 0 Å². The first-order valence-corrected chi connectivity index (χ1v) is 11.6. The normalized spacial score (nSPS) is 21.7. The molecule has 4 nitrogen and oxygen atoms in total. The van der Waals surface area contributed by atoms with Crippen LogP contribution < -0.4 is 10.1 Å². The number of rotatable bonds is 10. The van der Waals surface area contributed by atoms with Crippen molar-refractivity contribution in [3.63, 3.8) is 0 Å². The number of aliphatic hydroxyl groups excluding tert-OH is 1. The third-order valence-electron chi connectivity index (χ3n) is 6.37. The second-order valence-corrected chi connectivity index (χ2v) is 9.88. The van der Waals surface area contributed by atoms with Crippen LogP contribution in [0.5, 0.6) is 5.75 Å². The first-order valence-electron chi connectivity index (χ1n) is 11.6. The number of ether oxygens (including phenoxy) is 2. The van der Waals surface area contributed by atoms with Gasteiger partial charge in [-0.3, -0.25) is 0 Å². The Kier molecular flexibility index (Phi) is 8.15. The van der Waals surface area contributed by atoms with E-state index in [0.29, 0.717) is 0 Å². The average Bonchev–Trinajstić information content (AvgIpc) is 2.72. The molecule has 0 spiro atoms. The van der Waals surface area contributed by atoms with E-state index in [1.54, 1.807) is 0 Å². The Labute approximate surface area is 188 Å². The molecule has 2 N–H and O–H groups in total. The quantitative estimate of drug-likeness (QED) is 0.563. The molecule has 2 atom stereocenters. The average molecular weight is 426 g/mol. The number of nitrogens with one attached hydrogen (secondary N) is 1. The lowest BCUT2D eigenvalue weighted by atomic mass is 9.63. The number of benzene rings is 2. The standard InChI is InChI=1S/C27H39NO3/c1-21(2)31-25-12-10-23(11-13-25)17-28-18-24(19-29)27(14-15-30-26(3,4)20-27)16-22-8-6-5-7-9-22/h5-13,21,24,28-29H,14-20H2,1-4H3/t24-,27-/m1/s1. The predicted octanol–water partition coefficient (Wildman–Crippen LogP) is 4.99. The Balaban J connectivity index is 1.67. The summed E-state index contributed by atoms with van der Waals surface area (Å²) in [5, 5.41) is 14.0. The molecule has 1 saturated heterocycles. The molecule has 1 heterocycles. The molecule has 4 heteroatoms. The SMILES string of the molecule is CC(C)Oc1ccc(CNC[C@H](CO)[C@@]2(Cc3ccccc3)CCOC(C)(C)C2)cc1. The van der Waals surface area contributed by atoms with Crippen LogP contribution in [0.4, 0.5) is 0 Å². The van der Waals surface area contributed by atoms with Crippen molar-refractivity contribution in [1.29, 1.82) is 0 Å². The van der Waals surface area contributed by atoms with Gasteiger partial charge in [0.25, 0.3) is 0 Å². The molecule has 170 valence electrons. The summed E-state index contributed by atoms with van der Waals surface area (Å²) in [5.74, 6) is 1.07. The second-order valence-electron chi connectivity index (χ2n) is 9.88. The number of hydrogen-bond donors (Lipinski definition) is 2. The summed E-state index contributed by atoms with van der Waals surface area (Å²) in [6.07, 6.45) is 3.07. The Bertz CT molecular complexity index is 788. The van der Waals surface area contributed by atoms with Crippen molar-refractivity contribution < 1.29 is 14.6 Å². The van der Waals surface area contributed by atoms with E-state index in [2.05, 4.69) is 61.6 Å². The molecule has 0 aliphatic carbocycles. The highest BCUT2D eigenvalue weighted by atomic mass is 16.5. The Morgan fingerprint density at radius 2 is 1.74 bits per heavy atom. The molecule has 1 aliphatic heterocycles. The van der Waals surface area contributed by atoms with Crippen LogP contribution in [0.25, 0.3) is 0 Å². The predicted molar refractivity (Wildman–Crippen MR) is 126 cm³/mol. The molecule has 0 radical (unpaired) electrons. The summed E-state index contributed by atoms with van der Waals surface area (Å²) in [7, 11) is 0. The zero-order valence-electron chi connectivity index (χ0n) is 19.6. The fourth-order valence-electron chi connectivity index (χ4n) is 4.99. The molecule has 0 aromatic heterocycles. The van der Waals surface area contributed by atoms with E-state index in [4.69, 9.17) is 9.47 Å². The molecule has 1 aliphatic rings. The molecule has 2 aromatic carbocycles. The minimum absolute atomic E-state index is 0.0137. The maximum atomic E-state index is 10.4. The van der Waals surface area contributed by atoms with Gasteiger partial charge in [0.1, 0.15) is 5.75 Å². The van der Waals surface area contributed by atoms with Gasteiger partial charge in [0.2, 0.25) is 0 Å². The zero-order valence-corrected chi connectivity index (χ0v) is 19.6. The molecule has 2 aromatic rings. The van der Waals surface area contributed by atoms with Crippen LogP contribution >= 0.6 is 0 Å². The summed E-state index contributed by atoms with van der Waals surface area (Å²) in [6, 6.07) is 18.9. The van der Waals surface area contributed by atoms with E-state index in [9.17, 15) is 5.11 Å². The van der Waals surface area contributed by atoms with Gasteiger partial charge in [-0.25, -0.2) is 0 Å². The van der Waals surface area contributed by atoms with Gasteiger partial charge in [-0.15, -0.1) is 0 Å². The van der Waals surface area contributed by atoms with Gasteiger partial charge < -0.3 is 19.9 Å². The lowest BCUT2D eigenvalue weighted by Gasteiger charge is -2.49. The van der Waals surface area contributed by atoms with Crippen molar-refractivity contribution in [2.45, 2.75) is 65.2 Å². The zero-order chi connectivity index (χ0) is 22.3. The van der Waals surface area contributed by atoms with E-state index in [1.165, 1.54) is 11.1 Å². The van der Waals surface area contributed by atoms with Crippen LogP contribution in [0, 0.1) is 11.3 Å². The summed E-state index contributed by atoms with van der Waals surface area (Å²) in [5.41, 5.74) is 2.39. The highest BCUT2D eigenvalue weighted by Gasteiger charge is 2.45. The molecule has 0 amide bonds. The first kappa shape index (κ1) is 23.8. The Morgan fingerprint density at radius 1 is 1.03 bits per heavy atom. The fourth-order valence-corrected chi connectivity index (χ4v) is 4.99. The van der Waals surface area contributed by atoms with Crippen LogP contribution in [0.15, 0.2) is 54.6 Å². The van der Waals surface area contributed by atoms with Gasteiger partial charge in [-0.05, 0) is 75.6 Å². The van der Waals surface area contributed by atoms with E-state index < -0.39 is 0 Å². The summed E-state index contributed by atoms with van der Waals surface area (Å²) >= 11 is 0. The summed E-state index contributed by atoms with van der Waals surface area (Å²) < 4.78 is 11.8. The van der Waals surface area contributed by atoms with E-state index in [0.717, 1.165) is 44.7 Å². The van der Waals surface area contributed by atoms with Gasteiger partial charge in [0, 0.05) is 32.2 Å². The van der Waals surface area contributed by atoms with Gasteiger partial charge >= 0.3 is 0 Å². The van der Waals surface area contributed by atoms with Gasteiger partial charge in [-0.1, -0.05) is 42.5 Å². The van der Waals surface area contributed by atoms with Crippen molar-refractivity contribution in [2.24, 2.45) is 11.3 Å². The molecular formula is C27H39NO3. The highest BCUT2D eigenvalue weighted by Crippen LogP contribution is 2.46. The maximum absolute atomic E-state index is 10.4. The van der Waals surface area contributed by atoms with E-state index >= 15 is 0 Å². The molecule has 0 bridgehead atoms. The van der Waals surface area contributed by atoms with Crippen LogP contribution in [0.3, 0.4) is 0 Å². The summed E-state index contributed by atoms with van der Waals surface area (Å²) in [6.45, 7) is 10.9. The van der Waals surface area contributed by atoms with E-state index in [-0.39, 0.29) is 29.6 Å². The highest BCUT2D eigenvalue weighted by molar-refractivity contribution is 5.27. The molecule has 0 saturated carbocycles. The number of hydrogen-bond acceptors (Lipinski definition) is 4. The largest absolute Gasteiger partial charge is 0.491 e. The van der Waals surface area contributed by atoms with Crippen LogP contribution in [-0.2, 0) is 17.7 Å². The van der Waals surface area contributed by atoms with Crippen molar-refractivity contribution in [3.8, 4) is 5.75 Å². The smallest absolute Gasteiger partial charge is 0.119 e. The van der Waals surface area contributed by atoms with Crippen molar-refractivity contribution in [3.05, 3.63) is 65.7 Å². The van der Waals surface area contributed by atoms with Crippen molar-refractivity contribution in [2.75, 3.05) is 19.8 Å². The Morgan fingerprint density at radius 3 is 2.35 bits per heavy atom. The Hall–Kier alpha value is -1.88. The minimum Gasteiger partial charge on any atom is -0.491 e. The monoisotopic (exact) mass is 425 g/mol. The van der Waals surface area contributed by atoms with Crippen LogP contribution in [0.1, 0.15) is 51.7 Å². The third-order valence-corrected chi connectivity index (χ3v) is 6.37. The van der Waals surface area contributed by atoms with Crippen molar-refractivity contribution in [1.82, 2.24) is 5.32 Å². The molecule has 31 heavy (non-hydrogen) atoms. The van der Waals surface area contributed by atoms with Gasteiger partial charge in [-0.2, -0.15) is 0 Å². The lowest BCUT2D eigenvalue weighted by Crippen LogP contribution is -2.50. The molecule has 1 fully saturated rings. The topological polar surface area (TPSA) is 50.7 Å². The first-order chi connectivity index (χ1) is 14.8. The van der Waals surface area contributed by atoms with E-state index in [1.807, 2.05) is 26.0 Å². The molecular weight excluding hydrogens is 386 g/mol. The maximum Gasteiger partial charge on any atom is 0.119 e. The molecule has 0 unspecified atom stereocenters. The van der Waals surface area contributed by atoms with Gasteiger partial charge in [0.05, 0.1) is 11.7 Å². The van der Waals surface area contributed by atoms with Crippen molar-refractivity contribution >= 4 is 0 Å². The minimum atomic E-state index is -0.174. The lowest BCUT2D eigenvalue weighted by molar-refractivity contribution is -0.127. The third kappa shape index (κ3) is 6.80. The fraction of sp³-hybridized carbons (Fsp3) is 0.556. The molecule has 3 rings (SSSR count). The van der Waals surface area contributed by atoms with Crippen LogP contribution in [0.2, 0.25) is 0 Å². The second kappa shape index (κ2) is 10.6. The number of aliphatic hydroxyl groups is 1. The summed E-state index contributed by atoms with van der Waals surface area (Å²) in [4.78, 5) is 0.